The van der Waals surface area contributed by atoms with Gasteiger partial charge in [-0.25, -0.2) is 4.79 Å². The Labute approximate surface area is 149 Å². The van der Waals surface area contributed by atoms with Crippen LogP contribution in [0.1, 0.15) is 99.3 Å². The van der Waals surface area contributed by atoms with Crippen molar-refractivity contribution in [2.75, 3.05) is 6.61 Å². The van der Waals surface area contributed by atoms with E-state index in [9.17, 15) is 4.79 Å². The molecule has 0 rings (SSSR count). The van der Waals surface area contributed by atoms with Crippen molar-refractivity contribution >= 4 is 5.97 Å². The monoisotopic (exact) mass is 344 g/mol. The summed E-state index contributed by atoms with van der Waals surface area (Å²) in [6.45, 7) is 13.0. The van der Waals surface area contributed by atoms with E-state index in [1.165, 1.54) is 6.42 Å². The Morgan fingerprint density at radius 3 is 2.21 bits per heavy atom. The van der Waals surface area contributed by atoms with Crippen LogP contribution in [0.5, 0.6) is 0 Å². The molecular formula is C20H40O4. The second kappa shape index (κ2) is 11.9. The molecule has 0 saturated carbocycles. The van der Waals surface area contributed by atoms with E-state index in [4.69, 9.17) is 14.9 Å². The highest BCUT2D eigenvalue weighted by Crippen LogP contribution is 2.23. The maximum absolute atomic E-state index is 11.7. The van der Waals surface area contributed by atoms with Crippen LogP contribution < -0.4 is 0 Å². The van der Waals surface area contributed by atoms with Gasteiger partial charge in [0.2, 0.25) is 0 Å². The summed E-state index contributed by atoms with van der Waals surface area (Å²) in [5.74, 6) is 0.244. The van der Waals surface area contributed by atoms with Gasteiger partial charge < -0.3 is 5.11 Å². The van der Waals surface area contributed by atoms with Gasteiger partial charge in [-0.05, 0) is 50.9 Å². The number of aliphatic hydroxyl groups is 1. The zero-order valence-electron chi connectivity index (χ0n) is 16.8. The van der Waals surface area contributed by atoms with E-state index in [-0.39, 0.29) is 12.6 Å². The zero-order chi connectivity index (χ0) is 18.6. The Morgan fingerprint density at radius 2 is 1.62 bits per heavy atom. The first-order valence-corrected chi connectivity index (χ1v) is 9.55. The maximum Gasteiger partial charge on any atom is 0.342 e. The molecule has 0 aliphatic rings. The lowest BCUT2D eigenvalue weighted by Gasteiger charge is -2.23. The van der Waals surface area contributed by atoms with Gasteiger partial charge in [-0.1, -0.05) is 53.4 Å². The van der Waals surface area contributed by atoms with Gasteiger partial charge in [-0.3, -0.25) is 4.89 Å². The van der Waals surface area contributed by atoms with Crippen LogP contribution in [0.15, 0.2) is 0 Å². The summed E-state index contributed by atoms with van der Waals surface area (Å²) >= 11 is 0. The van der Waals surface area contributed by atoms with E-state index < -0.39 is 5.60 Å². The quantitative estimate of drug-likeness (QED) is 0.275. The average Bonchev–Trinajstić information content (AvgIpc) is 2.44. The predicted molar refractivity (Wildman–Crippen MR) is 98.5 cm³/mol. The molecule has 24 heavy (non-hydrogen) atoms. The van der Waals surface area contributed by atoms with Crippen LogP contribution in [-0.4, -0.2) is 23.3 Å². The average molecular weight is 345 g/mol. The van der Waals surface area contributed by atoms with Crippen LogP contribution in [0.25, 0.3) is 0 Å². The van der Waals surface area contributed by atoms with E-state index in [1.807, 2.05) is 13.8 Å². The van der Waals surface area contributed by atoms with Gasteiger partial charge in [-0.2, -0.15) is 4.89 Å². The molecule has 144 valence electrons. The molecule has 0 bridgehead atoms. The minimum absolute atomic E-state index is 0.244. The maximum atomic E-state index is 11.7. The molecule has 0 amide bonds. The van der Waals surface area contributed by atoms with Gasteiger partial charge in [0.15, 0.2) is 0 Å². The molecule has 1 atom stereocenters. The fourth-order valence-corrected chi connectivity index (χ4v) is 2.59. The van der Waals surface area contributed by atoms with Gasteiger partial charge in [0.05, 0.1) is 0 Å². The minimum atomic E-state index is -0.458. The molecule has 4 nitrogen and oxygen atoms in total. The number of carbonyl (C=O) groups excluding carboxylic acids is 1. The Balaban J connectivity index is 3.75. The summed E-state index contributed by atoms with van der Waals surface area (Å²) < 4.78 is 0. The Hall–Kier alpha value is -0.610. The van der Waals surface area contributed by atoms with E-state index in [0.29, 0.717) is 17.8 Å². The number of carbonyl (C=O) groups is 1. The fraction of sp³-hybridized carbons (Fsp3) is 0.950. The topological polar surface area (TPSA) is 55.8 Å². The van der Waals surface area contributed by atoms with Crippen LogP contribution in [-0.2, 0) is 14.6 Å². The van der Waals surface area contributed by atoms with Crippen LogP contribution in [0, 0.1) is 11.3 Å². The molecule has 0 fully saturated rings. The summed E-state index contributed by atoms with van der Waals surface area (Å²) in [5, 5.41) is 8.90. The van der Waals surface area contributed by atoms with Crippen molar-refractivity contribution in [2.45, 2.75) is 105 Å². The first-order chi connectivity index (χ1) is 11.1. The molecule has 0 heterocycles. The lowest BCUT2D eigenvalue weighted by Crippen LogP contribution is -2.26. The summed E-state index contributed by atoms with van der Waals surface area (Å²) in [6.07, 6.45) is 8.39. The fourth-order valence-electron chi connectivity index (χ4n) is 2.59. The lowest BCUT2D eigenvalue weighted by molar-refractivity contribution is -0.326. The van der Waals surface area contributed by atoms with E-state index >= 15 is 0 Å². The molecule has 0 spiro atoms. The predicted octanol–water partition coefficient (Wildman–Crippen LogP) is 5.43. The number of rotatable bonds is 13. The third-order valence-corrected chi connectivity index (χ3v) is 4.27. The normalized spacial score (nSPS) is 13.8. The largest absolute Gasteiger partial charge is 0.396 e. The molecule has 1 unspecified atom stereocenters. The molecule has 0 aromatic carbocycles. The van der Waals surface area contributed by atoms with Gasteiger partial charge in [0, 0.05) is 13.0 Å². The van der Waals surface area contributed by atoms with Crippen molar-refractivity contribution in [2.24, 2.45) is 11.3 Å². The second-order valence-corrected chi connectivity index (χ2v) is 8.93. The molecule has 4 heteroatoms. The van der Waals surface area contributed by atoms with Crippen LogP contribution in [0.4, 0.5) is 0 Å². The van der Waals surface area contributed by atoms with Crippen LogP contribution in [0.2, 0.25) is 0 Å². The Morgan fingerprint density at radius 1 is 0.958 bits per heavy atom. The van der Waals surface area contributed by atoms with Crippen molar-refractivity contribution in [3.8, 4) is 0 Å². The molecule has 0 saturated heterocycles. The number of aliphatic hydroxyl groups excluding tert-OH is 1. The van der Waals surface area contributed by atoms with Crippen LogP contribution in [0.3, 0.4) is 0 Å². The first-order valence-electron chi connectivity index (χ1n) is 9.55. The van der Waals surface area contributed by atoms with Crippen LogP contribution >= 0.6 is 0 Å². The van der Waals surface area contributed by atoms with Crippen molar-refractivity contribution in [1.82, 2.24) is 0 Å². The van der Waals surface area contributed by atoms with E-state index in [1.54, 1.807) is 0 Å². The molecule has 1 N–H and O–H groups in total. The third-order valence-electron chi connectivity index (χ3n) is 4.27. The Bertz CT molecular complexity index is 331. The lowest BCUT2D eigenvalue weighted by atomic mass is 9.89. The van der Waals surface area contributed by atoms with Crippen molar-refractivity contribution in [3.63, 3.8) is 0 Å². The smallest absolute Gasteiger partial charge is 0.342 e. The van der Waals surface area contributed by atoms with Crippen molar-refractivity contribution < 1.29 is 19.7 Å². The summed E-state index contributed by atoms with van der Waals surface area (Å²) in [6, 6.07) is 0. The SMILES string of the molecule is CC(CCO)CCCC(C)(C)OOC(=O)CCCCCC(C)(C)C. The number of hydrogen-bond acceptors (Lipinski definition) is 4. The van der Waals surface area contributed by atoms with Crippen molar-refractivity contribution in [3.05, 3.63) is 0 Å². The summed E-state index contributed by atoms with van der Waals surface area (Å²) in [5.41, 5.74) is -0.0941. The molecular weight excluding hydrogens is 304 g/mol. The summed E-state index contributed by atoms with van der Waals surface area (Å²) in [4.78, 5) is 22.1. The first kappa shape index (κ1) is 23.4. The third kappa shape index (κ3) is 14.9. The second-order valence-electron chi connectivity index (χ2n) is 8.93. The minimum Gasteiger partial charge on any atom is -0.396 e. The molecule has 0 radical (unpaired) electrons. The number of unbranched alkanes of at least 4 members (excludes halogenated alkanes) is 2. The zero-order valence-corrected chi connectivity index (χ0v) is 16.8. The van der Waals surface area contributed by atoms with Gasteiger partial charge in [-0.15, -0.1) is 0 Å². The molecule has 0 aliphatic carbocycles. The highest BCUT2D eigenvalue weighted by Gasteiger charge is 2.22. The molecule has 0 aromatic rings. The highest BCUT2D eigenvalue weighted by molar-refractivity contribution is 5.68. The highest BCUT2D eigenvalue weighted by atomic mass is 17.2. The molecule has 0 aliphatic heterocycles. The van der Waals surface area contributed by atoms with E-state index in [0.717, 1.165) is 44.9 Å². The van der Waals surface area contributed by atoms with E-state index in [2.05, 4.69) is 27.7 Å². The summed E-state index contributed by atoms with van der Waals surface area (Å²) in [7, 11) is 0. The standard InChI is InChI=1S/C20H40O4/c1-17(13-16-21)11-10-15-20(5,6)24-23-18(22)12-8-7-9-14-19(2,3)4/h17,21H,7-16H2,1-6H3. The molecule has 0 aromatic heterocycles. The Kier molecular flexibility index (Phi) is 11.6. The number of hydrogen-bond donors (Lipinski definition) is 1. The van der Waals surface area contributed by atoms with Crippen molar-refractivity contribution in [1.29, 1.82) is 0 Å². The van der Waals surface area contributed by atoms with Gasteiger partial charge >= 0.3 is 5.97 Å². The van der Waals surface area contributed by atoms with Gasteiger partial charge in [0.25, 0.3) is 0 Å². The van der Waals surface area contributed by atoms with Gasteiger partial charge in [0.1, 0.15) is 5.60 Å².